The van der Waals surface area contributed by atoms with Crippen molar-refractivity contribution < 1.29 is 19.4 Å². The first-order valence-electron chi connectivity index (χ1n) is 11.9. The number of halogens is 1. The molecule has 2 heterocycles. The molecule has 1 amide bonds. The molecule has 190 valence electrons. The van der Waals surface area contributed by atoms with Gasteiger partial charge in [0.2, 0.25) is 0 Å². The molecule has 2 N–H and O–H groups in total. The van der Waals surface area contributed by atoms with Crippen molar-refractivity contribution in [3.8, 4) is 11.8 Å². The monoisotopic (exact) mass is 511 g/mol. The lowest BCUT2D eigenvalue weighted by atomic mass is 9.49. The van der Waals surface area contributed by atoms with Crippen LogP contribution in [-0.2, 0) is 4.79 Å². The third kappa shape index (κ3) is 4.70. The molecule has 2 aliphatic rings. The van der Waals surface area contributed by atoms with E-state index in [2.05, 4.69) is 15.5 Å². The van der Waals surface area contributed by atoms with Gasteiger partial charge in [0, 0.05) is 36.0 Å². The summed E-state index contributed by atoms with van der Waals surface area (Å²) in [4.78, 5) is 26.2. The average Bonchev–Trinajstić information content (AvgIpc) is 2.85. The molecule has 36 heavy (non-hydrogen) atoms. The molecule has 4 rings (SSSR count). The third-order valence-corrected chi connectivity index (χ3v) is 7.79. The Morgan fingerprint density at radius 1 is 1.14 bits per heavy atom. The number of carbonyl (C=O) groups is 2. The number of piperidine rings is 1. The van der Waals surface area contributed by atoms with Gasteiger partial charge in [-0.15, -0.1) is 10.2 Å². The highest BCUT2D eigenvalue weighted by Gasteiger charge is 2.64. The summed E-state index contributed by atoms with van der Waals surface area (Å²) in [6.45, 7) is 9.33. The van der Waals surface area contributed by atoms with Gasteiger partial charge in [-0.3, -0.25) is 9.59 Å². The summed E-state index contributed by atoms with van der Waals surface area (Å²) in [6.07, 6.45) is 0.910. The lowest BCUT2D eigenvalue weighted by Crippen LogP contribution is -2.74. The van der Waals surface area contributed by atoms with Crippen LogP contribution in [0.3, 0.4) is 0 Å². The van der Waals surface area contributed by atoms with Gasteiger partial charge in [-0.1, -0.05) is 39.3 Å². The number of aliphatic carboxylic acids is 1. The zero-order chi connectivity index (χ0) is 26.3. The van der Waals surface area contributed by atoms with Gasteiger partial charge in [0.15, 0.2) is 11.5 Å². The number of ether oxygens (including phenoxy) is 1. The maximum atomic E-state index is 13.0. The second kappa shape index (κ2) is 9.58. The zero-order valence-corrected chi connectivity index (χ0v) is 21.5. The van der Waals surface area contributed by atoms with Crippen molar-refractivity contribution in [1.82, 2.24) is 15.5 Å². The predicted octanol–water partition coefficient (Wildman–Crippen LogP) is 3.91. The lowest BCUT2D eigenvalue weighted by Gasteiger charge is -2.63. The first kappa shape index (κ1) is 25.7. The Labute approximate surface area is 215 Å². The molecule has 9 nitrogen and oxygen atoms in total. The molecule has 0 bridgehead atoms. The number of nitriles is 1. The lowest BCUT2D eigenvalue weighted by molar-refractivity contribution is -0.164. The minimum absolute atomic E-state index is 0.187. The molecule has 0 atom stereocenters. The number of hydrogen-bond donors (Lipinski definition) is 2. The summed E-state index contributed by atoms with van der Waals surface area (Å²) in [5.41, 5.74) is -0.171. The Morgan fingerprint density at radius 2 is 1.81 bits per heavy atom. The highest BCUT2D eigenvalue weighted by atomic mass is 35.5. The van der Waals surface area contributed by atoms with Crippen molar-refractivity contribution in [1.29, 1.82) is 5.26 Å². The van der Waals surface area contributed by atoms with Gasteiger partial charge in [-0.2, -0.15) is 5.26 Å². The number of anilines is 1. The van der Waals surface area contributed by atoms with Gasteiger partial charge >= 0.3 is 5.97 Å². The molecule has 2 fully saturated rings. The Kier molecular flexibility index (Phi) is 6.84. The van der Waals surface area contributed by atoms with Crippen LogP contribution in [0, 0.1) is 28.1 Å². The van der Waals surface area contributed by atoms with Crippen LogP contribution >= 0.6 is 11.6 Å². The number of nitrogens with one attached hydrogen (secondary N) is 1. The zero-order valence-electron chi connectivity index (χ0n) is 20.8. The molecule has 1 aliphatic heterocycles. The molecule has 0 radical (unpaired) electrons. The average molecular weight is 512 g/mol. The first-order chi connectivity index (χ1) is 16.9. The van der Waals surface area contributed by atoms with Gasteiger partial charge in [0.25, 0.3) is 5.91 Å². The maximum Gasteiger partial charge on any atom is 0.306 e. The highest BCUT2D eigenvalue weighted by molar-refractivity contribution is 6.31. The van der Waals surface area contributed by atoms with Crippen LogP contribution in [0.5, 0.6) is 5.75 Å². The minimum Gasteiger partial charge on any atom is -0.489 e. The molecular weight excluding hydrogens is 482 g/mol. The molecule has 1 saturated carbocycles. The highest BCUT2D eigenvalue weighted by Crippen LogP contribution is 2.55. The van der Waals surface area contributed by atoms with Crippen molar-refractivity contribution in [3.05, 3.63) is 46.6 Å². The van der Waals surface area contributed by atoms with Crippen LogP contribution in [0.4, 0.5) is 5.82 Å². The van der Waals surface area contributed by atoms with Crippen molar-refractivity contribution in [2.45, 2.75) is 52.7 Å². The number of nitrogens with zero attached hydrogens (tertiary/aromatic N) is 4. The van der Waals surface area contributed by atoms with E-state index in [-0.39, 0.29) is 40.5 Å². The minimum atomic E-state index is -0.761. The number of carboxylic acid groups (broad SMARTS) is 1. The van der Waals surface area contributed by atoms with E-state index in [1.165, 1.54) is 0 Å². The predicted molar refractivity (Wildman–Crippen MR) is 134 cm³/mol. The summed E-state index contributed by atoms with van der Waals surface area (Å²) < 4.78 is 6.27. The van der Waals surface area contributed by atoms with E-state index in [0.717, 1.165) is 0 Å². The third-order valence-electron chi connectivity index (χ3n) is 7.48. The number of carbonyl (C=O) groups excluding carboxylic acids is 1. The molecule has 1 aromatic carbocycles. The molecule has 0 unspecified atom stereocenters. The molecule has 10 heteroatoms. The second-order valence-corrected chi connectivity index (χ2v) is 11.1. The Morgan fingerprint density at radius 3 is 2.33 bits per heavy atom. The van der Waals surface area contributed by atoms with Crippen molar-refractivity contribution >= 4 is 29.3 Å². The summed E-state index contributed by atoms with van der Waals surface area (Å²) >= 11 is 6.16. The van der Waals surface area contributed by atoms with Crippen LogP contribution in [-0.4, -0.2) is 52.4 Å². The van der Waals surface area contributed by atoms with E-state index in [1.54, 1.807) is 30.3 Å². The Balaban J connectivity index is 1.40. The van der Waals surface area contributed by atoms with Crippen molar-refractivity contribution in [2.75, 3.05) is 18.0 Å². The number of carboxylic acids is 1. The first-order valence-corrected chi connectivity index (χ1v) is 12.3. The van der Waals surface area contributed by atoms with Gasteiger partial charge < -0.3 is 20.1 Å². The molecular formula is C26H30ClN5O4. The van der Waals surface area contributed by atoms with E-state index in [0.29, 0.717) is 48.1 Å². The standard InChI is InChI=1S/C26H30ClN5O4/c1-25(2)23(26(3,4)24(25)36-17-6-5-16(14-28)18(27)13-17)29-21(33)19-7-8-20(31-30-19)32-11-9-15(10-12-32)22(34)35/h5-8,13,15,23-24H,9-12H2,1-4H3,(H,29,33)(H,34,35). The summed E-state index contributed by atoms with van der Waals surface area (Å²) in [5, 5.41) is 30.1. The fraction of sp³-hybridized carbons (Fsp3) is 0.500. The Bertz CT molecular complexity index is 1180. The van der Waals surface area contributed by atoms with E-state index < -0.39 is 5.97 Å². The largest absolute Gasteiger partial charge is 0.489 e. The number of aromatic nitrogens is 2. The summed E-state index contributed by atoms with van der Waals surface area (Å²) in [6, 6.07) is 10.2. The summed E-state index contributed by atoms with van der Waals surface area (Å²) in [5.74, 6) is -0.194. The molecule has 2 aromatic rings. The topological polar surface area (TPSA) is 128 Å². The molecule has 1 aliphatic carbocycles. The number of amides is 1. The van der Waals surface area contributed by atoms with Gasteiger partial charge in [-0.05, 0) is 37.1 Å². The smallest absolute Gasteiger partial charge is 0.306 e. The normalized spacial score (nSPS) is 22.7. The van der Waals surface area contributed by atoms with Crippen LogP contribution < -0.4 is 15.0 Å². The fourth-order valence-electron chi connectivity index (χ4n) is 5.77. The van der Waals surface area contributed by atoms with Gasteiger partial charge in [-0.25, -0.2) is 0 Å². The van der Waals surface area contributed by atoms with Gasteiger partial charge in [0.1, 0.15) is 17.9 Å². The quantitative estimate of drug-likeness (QED) is 0.597. The van der Waals surface area contributed by atoms with E-state index in [4.69, 9.17) is 26.7 Å². The fourth-order valence-corrected chi connectivity index (χ4v) is 5.98. The van der Waals surface area contributed by atoms with E-state index in [9.17, 15) is 9.59 Å². The summed E-state index contributed by atoms with van der Waals surface area (Å²) in [7, 11) is 0. The van der Waals surface area contributed by atoms with Crippen molar-refractivity contribution in [2.24, 2.45) is 16.7 Å². The Hall–Kier alpha value is -3.38. The number of benzene rings is 1. The van der Waals surface area contributed by atoms with Crippen LogP contribution in [0.1, 0.15) is 56.6 Å². The van der Waals surface area contributed by atoms with Crippen LogP contribution in [0.25, 0.3) is 0 Å². The van der Waals surface area contributed by atoms with Crippen LogP contribution in [0.2, 0.25) is 5.02 Å². The number of hydrogen-bond acceptors (Lipinski definition) is 7. The maximum absolute atomic E-state index is 13.0. The van der Waals surface area contributed by atoms with Crippen LogP contribution in [0.15, 0.2) is 30.3 Å². The molecule has 0 spiro atoms. The second-order valence-electron chi connectivity index (χ2n) is 10.7. The SMILES string of the molecule is CC1(C)C(NC(=O)c2ccc(N3CCC(C(=O)O)CC3)nn2)C(C)(C)C1Oc1ccc(C#N)c(Cl)c1. The molecule has 1 saturated heterocycles. The molecule has 1 aromatic heterocycles. The van der Waals surface area contributed by atoms with E-state index >= 15 is 0 Å². The van der Waals surface area contributed by atoms with Crippen molar-refractivity contribution in [3.63, 3.8) is 0 Å². The van der Waals surface area contributed by atoms with E-state index in [1.807, 2.05) is 38.7 Å². The van der Waals surface area contributed by atoms with Gasteiger partial charge in [0.05, 0.1) is 16.5 Å². The number of rotatable bonds is 6.